The second kappa shape index (κ2) is 11.5. The van der Waals surface area contributed by atoms with E-state index in [-0.39, 0.29) is 0 Å². The average Bonchev–Trinajstić information content (AvgIpc) is 2.21. The van der Waals surface area contributed by atoms with Crippen LogP contribution in [0.3, 0.4) is 0 Å². The van der Waals surface area contributed by atoms with Gasteiger partial charge in [0, 0.05) is 0 Å². The maximum atomic E-state index is 4.00. The Kier molecular flexibility index (Phi) is 12.4. The molecule has 76 valence electrons. The van der Waals surface area contributed by atoms with E-state index in [2.05, 4.69) is 50.6 Å². The topological polar surface area (TPSA) is 0 Å². The molecule has 0 amide bonds. The van der Waals surface area contributed by atoms with Crippen LogP contribution in [0.25, 0.3) is 0 Å². The Labute approximate surface area is 88.7 Å². The Morgan fingerprint density at radius 2 is 1.50 bits per heavy atom. The second-order valence-corrected chi connectivity index (χ2v) is 3.05. The lowest BCUT2D eigenvalue weighted by Gasteiger charge is -1.89. The average molecular weight is 188 g/mol. The SMILES string of the molecule is C#C.C=C(C)C.CCc1ccccc1. The van der Waals surface area contributed by atoms with Crippen LogP contribution in [-0.2, 0) is 6.42 Å². The van der Waals surface area contributed by atoms with Crippen molar-refractivity contribution in [3.8, 4) is 12.8 Å². The summed E-state index contributed by atoms with van der Waals surface area (Å²) in [5.74, 6) is 0. The molecule has 0 atom stereocenters. The normalized spacial score (nSPS) is 7.21. The van der Waals surface area contributed by atoms with Gasteiger partial charge in [0.15, 0.2) is 0 Å². The Morgan fingerprint density at radius 1 is 1.14 bits per heavy atom. The van der Waals surface area contributed by atoms with Crippen molar-refractivity contribution in [1.82, 2.24) is 0 Å². The highest BCUT2D eigenvalue weighted by molar-refractivity contribution is 5.13. The smallest absolute Gasteiger partial charge is 0.0307 e. The van der Waals surface area contributed by atoms with Crippen LogP contribution in [0.2, 0.25) is 0 Å². The van der Waals surface area contributed by atoms with Crippen molar-refractivity contribution in [2.75, 3.05) is 0 Å². The molecule has 0 aliphatic carbocycles. The maximum absolute atomic E-state index is 4.00. The van der Waals surface area contributed by atoms with Gasteiger partial charge in [-0.3, -0.25) is 0 Å². The molecule has 0 bridgehead atoms. The molecule has 1 rings (SSSR count). The molecule has 0 nitrogen and oxygen atoms in total. The summed E-state index contributed by atoms with van der Waals surface area (Å²) < 4.78 is 0. The number of aryl methyl sites for hydroxylation is 1. The van der Waals surface area contributed by atoms with Crippen molar-refractivity contribution in [2.45, 2.75) is 27.2 Å². The first-order valence-electron chi connectivity index (χ1n) is 4.66. The molecule has 0 saturated heterocycles. The molecule has 0 N–H and O–H groups in total. The van der Waals surface area contributed by atoms with E-state index in [0.29, 0.717) is 0 Å². The number of hydrogen-bond acceptors (Lipinski definition) is 0. The van der Waals surface area contributed by atoms with E-state index in [1.807, 2.05) is 19.9 Å². The van der Waals surface area contributed by atoms with Gasteiger partial charge in [-0.25, -0.2) is 0 Å². The molecule has 0 saturated carbocycles. The first-order valence-corrected chi connectivity index (χ1v) is 4.66. The van der Waals surface area contributed by atoms with Gasteiger partial charge in [-0.1, -0.05) is 42.8 Å². The molecule has 0 aliphatic heterocycles. The van der Waals surface area contributed by atoms with Crippen molar-refractivity contribution in [2.24, 2.45) is 0 Å². The third kappa shape index (κ3) is 13.1. The van der Waals surface area contributed by atoms with Gasteiger partial charge < -0.3 is 0 Å². The standard InChI is InChI=1S/C8H10.C4H8.C2H2/c1-2-8-6-4-3-5-7-8;1-4(2)3;1-2/h3-7H,2H2,1H3;1H2,2-3H3;1-2H. The van der Waals surface area contributed by atoms with Crippen molar-refractivity contribution in [3.63, 3.8) is 0 Å². The molecular formula is C14H20. The highest BCUT2D eigenvalue weighted by Crippen LogP contribution is 1.96. The fraction of sp³-hybridized carbons (Fsp3) is 0.286. The summed E-state index contributed by atoms with van der Waals surface area (Å²) >= 11 is 0. The molecule has 0 radical (unpaired) electrons. The molecule has 1 aromatic rings. The Hall–Kier alpha value is -1.48. The highest BCUT2D eigenvalue weighted by Gasteiger charge is 1.79. The minimum Gasteiger partial charge on any atom is -0.124 e. The lowest BCUT2D eigenvalue weighted by molar-refractivity contribution is 1.14. The van der Waals surface area contributed by atoms with Crippen LogP contribution in [-0.4, -0.2) is 0 Å². The predicted octanol–water partition coefficient (Wildman–Crippen LogP) is 4.08. The Morgan fingerprint density at radius 3 is 1.71 bits per heavy atom. The zero-order valence-electron chi connectivity index (χ0n) is 9.46. The van der Waals surface area contributed by atoms with E-state index in [4.69, 9.17) is 0 Å². The molecule has 1 aromatic carbocycles. The molecule has 0 aliphatic rings. The fourth-order valence-corrected chi connectivity index (χ4v) is 0.714. The minimum atomic E-state index is 1.14. The van der Waals surface area contributed by atoms with E-state index >= 15 is 0 Å². The number of allylic oxidation sites excluding steroid dienone is 1. The van der Waals surface area contributed by atoms with Crippen LogP contribution in [0.4, 0.5) is 0 Å². The summed E-state index contributed by atoms with van der Waals surface area (Å²) in [6, 6.07) is 10.5. The van der Waals surface area contributed by atoms with Crippen molar-refractivity contribution >= 4 is 0 Å². The zero-order valence-corrected chi connectivity index (χ0v) is 9.46. The van der Waals surface area contributed by atoms with Crippen molar-refractivity contribution < 1.29 is 0 Å². The molecule has 0 heterocycles. The Balaban J connectivity index is 0. The molecule has 0 heteroatoms. The van der Waals surface area contributed by atoms with Crippen LogP contribution in [0, 0.1) is 12.8 Å². The summed E-state index contributed by atoms with van der Waals surface area (Å²) in [7, 11) is 0. The van der Waals surface area contributed by atoms with Crippen LogP contribution in [0.5, 0.6) is 0 Å². The van der Waals surface area contributed by atoms with Gasteiger partial charge >= 0.3 is 0 Å². The van der Waals surface area contributed by atoms with Crippen molar-refractivity contribution in [3.05, 3.63) is 48.0 Å². The van der Waals surface area contributed by atoms with Crippen LogP contribution in [0.15, 0.2) is 42.5 Å². The van der Waals surface area contributed by atoms with Gasteiger partial charge in [0.1, 0.15) is 0 Å². The number of hydrogen-bond donors (Lipinski definition) is 0. The highest BCUT2D eigenvalue weighted by atomic mass is 13.9. The van der Waals surface area contributed by atoms with Crippen molar-refractivity contribution in [1.29, 1.82) is 0 Å². The number of benzene rings is 1. The molecular weight excluding hydrogens is 168 g/mol. The minimum absolute atomic E-state index is 1.14. The fourth-order valence-electron chi connectivity index (χ4n) is 0.714. The summed E-state index contributed by atoms with van der Waals surface area (Å²) in [5.41, 5.74) is 2.58. The third-order valence-electron chi connectivity index (χ3n) is 1.25. The zero-order chi connectivity index (χ0) is 11.4. The van der Waals surface area contributed by atoms with Gasteiger partial charge in [-0.15, -0.1) is 19.4 Å². The molecule has 0 aromatic heterocycles. The Bertz CT molecular complexity index is 237. The second-order valence-electron chi connectivity index (χ2n) is 3.05. The quantitative estimate of drug-likeness (QED) is 0.460. The lowest BCUT2D eigenvalue weighted by atomic mass is 10.2. The van der Waals surface area contributed by atoms with Crippen LogP contribution < -0.4 is 0 Å². The van der Waals surface area contributed by atoms with Crippen LogP contribution in [0.1, 0.15) is 26.3 Å². The van der Waals surface area contributed by atoms with Gasteiger partial charge in [-0.05, 0) is 25.8 Å². The van der Waals surface area contributed by atoms with E-state index < -0.39 is 0 Å². The van der Waals surface area contributed by atoms with Crippen LogP contribution >= 0.6 is 0 Å². The largest absolute Gasteiger partial charge is 0.124 e. The number of rotatable bonds is 1. The third-order valence-corrected chi connectivity index (χ3v) is 1.25. The van der Waals surface area contributed by atoms with E-state index in [1.165, 1.54) is 11.1 Å². The maximum Gasteiger partial charge on any atom is -0.0307 e. The molecule has 0 spiro atoms. The van der Waals surface area contributed by atoms with Gasteiger partial charge in [-0.2, -0.15) is 0 Å². The summed E-state index contributed by atoms with van der Waals surface area (Å²) in [6.07, 6.45) is 9.14. The monoisotopic (exact) mass is 188 g/mol. The summed E-state index contributed by atoms with van der Waals surface area (Å²) in [5, 5.41) is 0. The van der Waals surface area contributed by atoms with E-state index in [0.717, 1.165) is 6.42 Å². The number of terminal acetylenes is 1. The first-order chi connectivity index (χ1) is 6.66. The van der Waals surface area contributed by atoms with Gasteiger partial charge in [0.25, 0.3) is 0 Å². The lowest BCUT2D eigenvalue weighted by Crippen LogP contribution is -1.73. The van der Waals surface area contributed by atoms with Gasteiger partial charge in [0.2, 0.25) is 0 Å². The first kappa shape index (κ1) is 15.0. The van der Waals surface area contributed by atoms with Gasteiger partial charge in [0.05, 0.1) is 0 Å². The van der Waals surface area contributed by atoms with E-state index in [1.54, 1.807) is 0 Å². The molecule has 0 fully saturated rings. The predicted molar refractivity (Wildman–Crippen MR) is 66.2 cm³/mol. The molecule has 0 unspecified atom stereocenters. The molecule has 14 heavy (non-hydrogen) atoms. The van der Waals surface area contributed by atoms with E-state index in [9.17, 15) is 0 Å². The summed E-state index contributed by atoms with van der Waals surface area (Å²) in [4.78, 5) is 0. The summed E-state index contributed by atoms with van der Waals surface area (Å²) in [6.45, 7) is 9.66.